The van der Waals surface area contributed by atoms with Crippen molar-refractivity contribution in [3.63, 3.8) is 0 Å². The largest absolute Gasteiger partial charge is 0.483 e. The van der Waals surface area contributed by atoms with Gasteiger partial charge in [0.05, 0.1) is 33.0 Å². The molecule has 1 saturated heterocycles. The number of ether oxygens (including phenoxy) is 1. The summed E-state index contributed by atoms with van der Waals surface area (Å²) in [6, 6.07) is 11.6. The van der Waals surface area contributed by atoms with Crippen LogP contribution in [0.1, 0.15) is 104 Å². The first kappa shape index (κ1) is 45.2. The fraction of sp³-hybridized carbons (Fsp3) is 0.289. The Morgan fingerprint density at radius 3 is 2.32 bits per heavy atom. The number of carbonyl (C=O) groups is 7. The third-order valence-electron chi connectivity index (χ3n) is 11.4. The van der Waals surface area contributed by atoms with Gasteiger partial charge in [-0.2, -0.15) is 0 Å². The van der Waals surface area contributed by atoms with E-state index in [4.69, 9.17) is 32.9 Å². The molecule has 2 atom stereocenters. The number of benzene rings is 2. The van der Waals surface area contributed by atoms with Crippen LogP contribution < -0.4 is 36.7 Å². The third-order valence-corrected chi connectivity index (χ3v) is 11.8. The summed E-state index contributed by atoms with van der Waals surface area (Å²) in [5.41, 5.74) is 0.162. The van der Waals surface area contributed by atoms with Crippen molar-refractivity contribution in [1.82, 2.24) is 40.0 Å². The Bertz CT molecular complexity index is 3000. The van der Waals surface area contributed by atoms with Gasteiger partial charge < -0.3 is 29.5 Å². The number of anilines is 1. The van der Waals surface area contributed by atoms with E-state index in [2.05, 4.69) is 20.9 Å². The minimum Gasteiger partial charge on any atom is -0.483 e. The van der Waals surface area contributed by atoms with Crippen LogP contribution in [0.25, 0.3) is 11.4 Å². The maximum atomic E-state index is 14.4. The molecule has 66 heavy (non-hydrogen) atoms. The molecule has 3 aliphatic rings. The molecule has 3 aromatic heterocycles. The van der Waals surface area contributed by atoms with Crippen LogP contribution in [0.5, 0.6) is 5.75 Å². The Labute approximate surface area is 385 Å². The predicted molar refractivity (Wildman–Crippen MR) is 239 cm³/mol. The van der Waals surface area contributed by atoms with Gasteiger partial charge in [-0.3, -0.25) is 58.3 Å². The first-order chi connectivity index (χ1) is 31.5. The van der Waals surface area contributed by atoms with Crippen molar-refractivity contribution in [3.8, 4) is 17.1 Å². The number of fused-ring (bicyclic) bond motifs is 2. The highest BCUT2D eigenvalue weighted by Gasteiger charge is 2.47. The summed E-state index contributed by atoms with van der Waals surface area (Å²) in [6.07, 6.45) is 3.59. The molecule has 5 aromatic rings. The highest BCUT2D eigenvalue weighted by atomic mass is 35.5. The summed E-state index contributed by atoms with van der Waals surface area (Å²) in [6.45, 7) is 3.67. The SMILES string of the molecule is CC(C)n1c(-c2cc(C(=O)NCCCCNC(=O)COc3cccc4c3C(=O)N(C3CCC(=O)NC3=O)C4=O)c[nH]c2=O)nc2c1[C@H](c1ccc(Cl)cc1)N(c1cc(Cl)cn(C)c1=O)C2=O. The fourth-order valence-corrected chi connectivity index (χ4v) is 8.69. The van der Waals surface area contributed by atoms with Crippen LogP contribution in [0.2, 0.25) is 10.0 Å². The standard InChI is InChI=1S/C45H41Cl2N9O10/c1-22(2)54-37-35(45(65)55(30-18-26(47)20-53(3)43(30)63)36(37)23-9-11-25(46)12-10-23)52-38(54)28-17-24(19-50-40(28)60)39(59)49-16-5-4-15-48-33(58)21-66-31-8-6-7-27-34(31)44(64)56(42(27)62)29-13-14-32(57)51-41(29)61/h6-12,17-20,22,29,36H,4-5,13-16,21H2,1-3H3,(H,48,58)(H,49,59)(H,50,60)(H,51,57,61)/t29?,36-/m0/s1. The first-order valence-electron chi connectivity index (χ1n) is 20.9. The zero-order chi connectivity index (χ0) is 47.1. The Morgan fingerprint density at radius 1 is 0.879 bits per heavy atom. The highest BCUT2D eigenvalue weighted by Crippen LogP contribution is 2.44. The number of aryl methyl sites for hydroxylation is 1. The number of halogens is 2. The smallest absolute Gasteiger partial charge is 0.279 e. The molecule has 0 saturated carbocycles. The van der Waals surface area contributed by atoms with Gasteiger partial charge in [0.25, 0.3) is 40.7 Å². The number of rotatable bonds is 14. The van der Waals surface area contributed by atoms with E-state index >= 15 is 0 Å². The maximum absolute atomic E-state index is 14.4. The second kappa shape index (κ2) is 18.2. The molecule has 3 aliphatic heterocycles. The molecule has 6 heterocycles. The van der Waals surface area contributed by atoms with Crippen LogP contribution in [-0.2, 0) is 21.4 Å². The minimum absolute atomic E-state index is 0.00465. The van der Waals surface area contributed by atoms with Crippen LogP contribution in [-0.4, -0.2) is 91.1 Å². The molecule has 21 heteroatoms. The average Bonchev–Trinajstić information content (AvgIpc) is 3.89. The maximum Gasteiger partial charge on any atom is 0.279 e. The number of aromatic nitrogens is 4. The number of imide groups is 2. The van der Waals surface area contributed by atoms with Crippen molar-refractivity contribution >= 4 is 70.2 Å². The van der Waals surface area contributed by atoms with Crippen LogP contribution >= 0.6 is 23.2 Å². The summed E-state index contributed by atoms with van der Waals surface area (Å²) in [5, 5.41) is 8.35. The molecule has 0 aliphatic carbocycles. The van der Waals surface area contributed by atoms with Gasteiger partial charge in [-0.05, 0) is 75.1 Å². The fourth-order valence-electron chi connectivity index (χ4n) is 8.32. The number of hydrogen-bond acceptors (Lipinski definition) is 11. The van der Waals surface area contributed by atoms with Gasteiger partial charge in [0.1, 0.15) is 29.3 Å². The van der Waals surface area contributed by atoms with Gasteiger partial charge in [-0.15, -0.1) is 0 Å². The van der Waals surface area contributed by atoms with Crippen molar-refractivity contribution in [3.05, 3.63) is 131 Å². The number of imidazole rings is 1. The summed E-state index contributed by atoms with van der Waals surface area (Å²) in [5.74, 6) is -4.17. The van der Waals surface area contributed by atoms with Crippen molar-refractivity contribution in [1.29, 1.82) is 0 Å². The Kier molecular flexibility index (Phi) is 12.5. The molecule has 4 N–H and O–H groups in total. The van der Waals surface area contributed by atoms with Crippen LogP contribution in [0, 0.1) is 0 Å². The van der Waals surface area contributed by atoms with E-state index in [9.17, 15) is 43.2 Å². The van der Waals surface area contributed by atoms with E-state index in [-0.39, 0.29) is 82.2 Å². The number of piperidine rings is 1. The number of amides is 7. The predicted octanol–water partition coefficient (Wildman–Crippen LogP) is 3.68. The highest BCUT2D eigenvalue weighted by molar-refractivity contribution is 6.31. The monoisotopic (exact) mass is 937 g/mol. The van der Waals surface area contributed by atoms with Gasteiger partial charge in [-0.25, -0.2) is 4.98 Å². The zero-order valence-electron chi connectivity index (χ0n) is 35.6. The van der Waals surface area contributed by atoms with E-state index in [1.807, 2.05) is 13.8 Å². The van der Waals surface area contributed by atoms with E-state index in [1.165, 1.54) is 59.2 Å². The Morgan fingerprint density at radius 2 is 1.61 bits per heavy atom. The second-order valence-electron chi connectivity index (χ2n) is 16.1. The van der Waals surface area contributed by atoms with E-state index < -0.39 is 71.2 Å². The average molecular weight is 939 g/mol. The van der Waals surface area contributed by atoms with Crippen molar-refractivity contribution in [2.75, 3.05) is 24.6 Å². The van der Waals surface area contributed by atoms with E-state index in [1.54, 1.807) is 28.8 Å². The number of nitrogens with zero attached hydrogens (tertiary/aromatic N) is 5. The van der Waals surface area contributed by atoms with Crippen LogP contribution in [0.4, 0.5) is 5.69 Å². The van der Waals surface area contributed by atoms with Crippen molar-refractivity contribution < 1.29 is 38.3 Å². The Balaban J connectivity index is 0.900. The third kappa shape index (κ3) is 8.37. The summed E-state index contributed by atoms with van der Waals surface area (Å²) < 4.78 is 8.66. The molecule has 0 spiro atoms. The molecular weight excluding hydrogens is 897 g/mol. The van der Waals surface area contributed by atoms with Gasteiger partial charge in [0, 0.05) is 50.0 Å². The number of carbonyl (C=O) groups excluding carboxylic acids is 7. The number of pyridine rings is 2. The van der Waals surface area contributed by atoms with Gasteiger partial charge >= 0.3 is 0 Å². The van der Waals surface area contributed by atoms with Crippen molar-refractivity contribution in [2.24, 2.45) is 7.05 Å². The molecule has 0 bridgehead atoms. The number of nitrogens with one attached hydrogen (secondary N) is 4. The summed E-state index contributed by atoms with van der Waals surface area (Å²) in [7, 11) is 1.53. The van der Waals surface area contributed by atoms with Crippen LogP contribution in [0.15, 0.2) is 76.6 Å². The molecule has 19 nitrogen and oxygen atoms in total. The minimum atomic E-state index is -1.15. The van der Waals surface area contributed by atoms with Crippen LogP contribution in [0.3, 0.4) is 0 Å². The van der Waals surface area contributed by atoms with Gasteiger partial charge in [0.15, 0.2) is 12.3 Å². The number of aromatic amines is 1. The van der Waals surface area contributed by atoms with Gasteiger partial charge in [-0.1, -0.05) is 41.4 Å². The second-order valence-corrected chi connectivity index (χ2v) is 17.0. The molecular formula is C45H41Cl2N9O10. The van der Waals surface area contributed by atoms with E-state index in [0.29, 0.717) is 29.1 Å². The molecule has 7 amide bonds. The molecule has 1 fully saturated rings. The quantitative estimate of drug-likeness (QED) is 0.0925. The lowest BCUT2D eigenvalue weighted by Crippen LogP contribution is -2.54. The summed E-state index contributed by atoms with van der Waals surface area (Å²) >= 11 is 12.6. The number of unbranched alkanes of at least 4 members (excludes halogenated alkanes) is 1. The van der Waals surface area contributed by atoms with Crippen molar-refractivity contribution in [2.45, 2.75) is 57.7 Å². The topological polar surface area (TPSA) is 244 Å². The lowest BCUT2D eigenvalue weighted by molar-refractivity contribution is -0.136. The normalized spacial score (nSPS) is 16.7. The molecule has 2 aromatic carbocycles. The van der Waals surface area contributed by atoms with E-state index in [0.717, 1.165) is 4.90 Å². The Hall–Kier alpha value is -7.38. The number of hydrogen-bond donors (Lipinski definition) is 4. The summed E-state index contributed by atoms with van der Waals surface area (Å²) in [4.78, 5) is 127. The molecule has 1 unspecified atom stereocenters. The van der Waals surface area contributed by atoms with Gasteiger partial charge in [0.2, 0.25) is 11.8 Å². The number of H-pyrrole nitrogens is 1. The lowest BCUT2D eigenvalue weighted by atomic mass is 10.0. The molecule has 0 radical (unpaired) electrons. The molecule has 8 rings (SSSR count). The molecule has 340 valence electrons. The lowest BCUT2D eigenvalue weighted by Gasteiger charge is -2.28. The zero-order valence-corrected chi connectivity index (χ0v) is 37.1. The first-order valence-corrected chi connectivity index (χ1v) is 21.6.